The molecule has 2 N–H and O–H groups in total. The molecule has 29 heavy (non-hydrogen) atoms. The zero-order valence-corrected chi connectivity index (χ0v) is 17.2. The van der Waals surface area contributed by atoms with Gasteiger partial charge in [0, 0.05) is 11.6 Å². The minimum Gasteiger partial charge on any atom is -0.368 e. The number of hydrogen-bond acceptors (Lipinski definition) is 4. The highest BCUT2D eigenvalue weighted by molar-refractivity contribution is 7.89. The van der Waals surface area contributed by atoms with Crippen LogP contribution in [0.5, 0.6) is 0 Å². The summed E-state index contributed by atoms with van der Waals surface area (Å²) in [5.74, 6) is -0.810. The van der Waals surface area contributed by atoms with Gasteiger partial charge in [0.2, 0.25) is 15.9 Å². The Hall–Kier alpha value is -2.47. The first-order valence-electron chi connectivity index (χ1n) is 8.91. The molecule has 0 heterocycles. The number of amides is 1. The van der Waals surface area contributed by atoms with Crippen LogP contribution in [0.1, 0.15) is 30.4 Å². The number of halogens is 2. The van der Waals surface area contributed by atoms with Gasteiger partial charge in [-0.3, -0.25) is 9.18 Å². The van der Waals surface area contributed by atoms with Crippen molar-refractivity contribution >= 4 is 27.5 Å². The van der Waals surface area contributed by atoms with Gasteiger partial charge in [0.1, 0.15) is 6.04 Å². The molecule has 0 spiro atoms. The molecule has 0 aliphatic carbocycles. The number of unbranched alkanes of at least 4 members (excludes halogenated alkanes) is 1. The van der Waals surface area contributed by atoms with Crippen molar-refractivity contribution in [1.29, 1.82) is 5.26 Å². The minimum atomic E-state index is -4.10. The van der Waals surface area contributed by atoms with E-state index in [0.717, 1.165) is 4.31 Å². The smallest absolute Gasteiger partial charge is 0.244 e. The zero-order valence-electron chi connectivity index (χ0n) is 15.6. The second-order valence-corrected chi connectivity index (χ2v) is 8.74. The van der Waals surface area contributed by atoms with E-state index in [1.54, 1.807) is 24.3 Å². The van der Waals surface area contributed by atoms with Crippen LogP contribution in [0.15, 0.2) is 53.4 Å². The summed E-state index contributed by atoms with van der Waals surface area (Å²) in [6, 6.07) is 12.8. The highest BCUT2D eigenvalue weighted by atomic mass is 35.5. The number of carbonyl (C=O) groups is 1. The van der Waals surface area contributed by atoms with Crippen LogP contribution in [0.25, 0.3) is 0 Å². The van der Waals surface area contributed by atoms with E-state index in [1.807, 2.05) is 6.07 Å². The van der Waals surface area contributed by atoms with Crippen molar-refractivity contribution in [2.24, 2.45) is 5.73 Å². The first-order chi connectivity index (χ1) is 13.8. The van der Waals surface area contributed by atoms with Gasteiger partial charge in [0.05, 0.1) is 23.2 Å². The van der Waals surface area contributed by atoms with E-state index in [4.69, 9.17) is 22.6 Å². The van der Waals surface area contributed by atoms with Crippen molar-refractivity contribution in [3.63, 3.8) is 0 Å². The predicted molar refractivity (Wildman–Crippen MR) is 108 cm³/mol. The molecule has 0 aliphatic heterocycles. The monoisotopic (exact) mass is 437 g/mol. The second-order valence-electron chi connectivity index (χ2n) is 6.42. The molecule has 0 bridgehead atoms. The number of nitrogens with two attached hydrogens (primary N) is 1. The summed E-state index contributed by atoms with van der Waals surface area (Å²) in [6.45, 7) is -0.690. The van der Waals surface area contributed by atoms with Gasteiger partial charge in [-0.25, -0.2) is 8.42 Å². The van der Waals surface area contributed by atoms with Crippen molar-refractivity contribution in [1.82, 2.24) is 4.31 Å². The lowest BCUT2D eigenvalue weighted by atomic mass is 10.1. The average molecular weight is 438 g/mol. The van der Waals surface area contributed by atoms with Crippen LogP contribution >= 0.6 is 11.6 Å². The largest absolute Gasteiger partial charge is 0.368 e. The molecular weight excluding hydrogens is 417 g/mol. The van der Waals surface area contributed by atoms with Crippen LogP contribution in [-0.4, -0.2) is 31.3 Å². The molecule has 0 saturated heterocycles. The van der Waals surface area contributed by atoms with Gasteiger partial charge in [0.15, 0.2) is 0 Å². The van der Waals surface area contributed by atoms with E-state index < -0.39 is 28.6 Å². The fraction of sp³-hybridized carbons (Fsp3) is 0.300. The van der Waals surface area contributed by atoms with Crippen LogP contribution in [0.4, 0.5) is 4.39 Å². The summed E-state index contributed by atoms with van der Waals surface area (Å²) in [5.41, 5.74) is 6.52. The van der Waals surface area contributed by atoms with Crippen LogP contribution in [-0.2, 0) is 21.4 Å². The number of carbonyl (C=O) groups excluding carboxylic acids is 1. The maximum Gasteiger partial charge on any atom is 0.244 e. The predicted octanol–water partition coefficient (Wildman–Crippen LogP) is 3.40. The van der Waals surface area contributed by atoms with Gasteiger partial charge in [-0.1, -0.05) is 23.7 Å². The number of sulfonamides is 1. The van der Waals surface area contributed by atoms with Gasteiger partial charge in [-0.05, 0) is 61.2 Å². The van der Waals surface area contributed by atoms with E-state index >= 15 is 0 Å². The summed E-state index contributed by atoms with van der Waals surface area (Å²) < 4.78 is 40.1. The topological polar surface area (TPSA) is 104 Å². The van der Waals surface area contributed by atoms with E-state index in [-0.39, 0.29) is 24.3 Å². The maximum atomic E-state index is 13.3. The van der Waals surface area contributed by atoms with Crippen LogP contribution in [0, 0.1) is 11.3 Å². The minimum absolute atomic E-state index is 0.0349. The molecule has 2 rings (SSSR count). The fourth-order valence-corrected chi connectivity index (χ4v) is 4.57. The number of nitrogens with zero attached hydrogens (tertiary/aromatic N) is 2. The van der Waals surface area contributed by atoms with Crippen LogP contribution in [0.2, 0.25) is 5.02 Å². The highest BCUT2D eigenvalue weighted by Crippen LogP contribution is 2.25. The number of primary amides is 1. The Kier molecular flexibility index (Phi) is 8.14. The summed E-state index contributed by atoms with van der Waals surface area (Å²) in [4.78, 5) is 12.1. The third kappa shape index (κ3) is 6.00. The standard InChI is InChI=1S/C20H21ClFN3O3S/c21-17-8-10-18(11-9-17)29(27,28)25(19(20(24)26)3-1-2-12-22)14-16-6-4-15(13-23)5-7-16/h4-11,19H,1-3,12,14H2,(H2,24,26). The molecule has 2 aromatic rings. The lowest BCUT2D eigenvalue weighted by Gasteiger charge is -2.29. The lowest BCUT2D eigenvalue weighted by Crippen LogP contribution is -2.47. The first kappa shape index (κ1) is 22.8. The molecule has 0 aromatic heterocycles. The highest BCUT2D eigenvalue weighted by Gasteiger charge is 2.34. The summed E-state index contributed by atoms with van der Waals surface area (Å²) in [6.07, 6.45) is 0.613. The Labute approximate surface area is 174 Å². The summed E-state index contributed by atoms with van der Waals surface area (Å²) >= 11 is 5.85. The molecule has 0 fully saturated rings. The van der Waals surface area contributed by atoms with Crippen molar-refractivity contribution < 1.29 is 17.6 Å². The lowest BCUT2D eigenvalue weighted by molar-refractivity contribution is -0.122. The van der Waals surface area contributed by atoms with Crippen molar-refractivity contribution in [3.05, 3.63) is 64.7 Å². The Morgan fingerprint density at radius 1 is 1.14 bits per heavy atom. The summed E-state index contributed by atoms with van der Waals surface area (Å²) in [5, 5.41) is 9.31. The Bertz CT molecular complexity index is 974. The fourth-order valence-electron chi connectivity index (χ4n) is 2.83. The number of nitriles is 1. The molecule has 6 nitrogen and oxygen atoms in total. The molecule has 2 aromatic carbocycles. The van der Waals surface area contributed by atoms with Crippen molar-refractivity contribution in [2.45, 2.75) is 36.7 Å². The van der Waals surface area contributed by atoms with Gasteiger partial charge >= 0.3 is 0 Å². The number of benzene rings is 2. The third-order valence-electron chi connectivity index (χ3n) is 4.38. The SMILES string of the molecule is N#Cc1ccc(CN(C(CCCCF)C(N)=O)S(=O)(=O)c2ccc(Cl)cc2)cc1. The Balaban J connectivity index is 2.45. The van der Waals surface area contributed by atoms with E-state index in [9.17, 15) is 17.6 Å². The maximum absolute atomic E-state index is 13.3. The molecule has 1 atom stereocenters. The van der Waals surface area contributed by atoms with Gasteiger partial charge in [0.25, 0.3) is 0 Å². The normalized spacial score (nSPS) is 12.5. The molecule has 0 saturated carbocycles. The number of hydrogen-bond donors (Lipinski definition) is 1. The third-order valence-corrected chi connectivity index (χ3v) is 6.50. The quantitative estimate of drug-likeness (QED) is 0.575. The Morgan fingerprint density at radius 2 is 1.76 bits per heavy atom. The summed E-state index contributed by atoms with van der Waals surface area (Å²) in [7, 11) is -4.10. The molecule has 1 amide bonds. The molecule has 0 radical (unpaired) electrons. The van der Waals surface area contributed by atoms with E-state index in [0.29, 0.717) is 22.6 Å². The van der Waals surface area contributed by atoms with Crippen molar-refractivity contribution in [2.75, 3.05) is 6.67 Å². The van der Waals surface area contributed by atoms with Gasteiger partial charge < -0.3 is 5.73 Å². The van der Waals surface area contributed by atoms with Crippen molar-refractivity contribution in [3.8, 4) is 6.07 Å². The zero-order chi connectivity index (χ0) is 21.4. The average Bonchev–Trinajstić information content (AvgIpc) is 2.70. The molecule has 0 aliphatic rings. The van der Waals surface area contributed by atoms with Crippen LogP contribution in [0.3, 0.4) is 0 Å². The van der Waals surface area contributed by atoms with Crippen LogP contribution < -0.4 is 5.73 Å². The Morgan fingerprint density at radius 3 is 2.28 bits per heavy atom. The van der Waals surface area contributed by atoms with Gasteiger partial charge in [-0.2, -0.15) is 9.57 Å². The molecule has 9 heteroatoms. The second kappa shape index (κ2) is 10.3. The number of alkyl halides is 1. The molecule has 154 valence electrons. The molecular formula is C20H21ClFN3O3S. The van der Waals surface area contributed by atoms with E-state index in [1.165, 1.54) is 24.3 Å². The molecule has 1 unspecified atom stereocenters. The van der Waals surface area contributed by atoms with Gasteiger partial charge in [-0.15, -0.1) is 0 Å². The first-order valence-corrected chi connectivity index (χ1v) is 10.7. The van der Waals surface area contributed by atoms with E-state index in [2.05, 4.69) is 0 Å². The number of rotatable bonds is 10.